The molecule has 7 nitrogen and oxygen atoms in total. The largest absolute Gasteiger partial charge is 0.478 e. The van der Waals surface area contributed by atoms with Crippen LogP contribution in [0.5, 0.6) is 5.88 Å². The van der Waals surface area contributed by atoms with Gasteiger partial charge in [0.1, 0.15) is 35.4 Å². The normalized spacial score (nSPS) is 16.1. The van der Waals surface area contributed by atoms with Crippen LogP contribution in [-0.4, -0.2) is 38.8 Å². The molecule has 250 valence electrons. The molecule has 2 aromatic heterocycles. The van der Waals surface area contributed by atoms with Gasteiger partial charge in [0, 0.05) is 29.0 Å². The maximum absolute atomic E-state index is 15.6. The van der Waals surface area contributed by atoms with Crippen LogP contribution in [0.25, 0.3) is 22.3 Å². The highest BCUT2D eigenvalue weighted by atomic mass is 19.4. The zero-order valence-corrected chi connectivity index (χ0v) is 25.3. The van der Waals surface area contributed by atoms with E-state index in [4.69, 9.17) is 9.47 Å². The van der Waals surface area contributed by atoms with Crippen molar-refractivity contribution in [2.24, 2.45) is 5.41 Å². The number of alkyl halides is 3. The molecule has 3 heterocycles. The van der Waals surface area contributed by atoms with Crippen LogP contribution in [0.3, 0.4) is 0 Å². The summed E-state index contributed by atoms with van der Waals surface area (Å²) in [5, 5.41) is 9.53. The van der Waals surface area contributed by atoms with Gasteiger partial charge >= 0.3 is 12.1 Å². The number of hydrogen-bond donors (Lipinski definition) is 1. The first-order valence-corrected chi connectivity index (χ1v) is 14.6. The molecule has 1 aliphatic rings. The second kappa shape index (κ2) is 12.2. The van der Waals surface area contributed by atoms with Gasteiger partial charge in [-0.3, -0.25) is 0 Å². The number of aromatic carboxylic acids is 1. The van der Waals surface area contributed by atoms with Gasteiger partial charge in [-0.05, 0) is 48.0 Å². The number of nitrogens with zero attached hydrogens (tertiary/aromatic N) is 3. The van der Waals surface area contributed by atoms with Crippen molar-refractivity contribution in [3.63, 3.8) is 0 Å². The van der Waals surface area contributed by atoms with Crippen LogP contribution in [0.15, 0.2) is 60.7 Å². The molecule has 1 atom stereocenters. The fraction of sp³-hybridized carbons (Fsp3) is 0.265. The van der Waals surface area contributed by atoms with Crippen molar-refractivity contribution in [1.82, 2.24) is 14.5 Å². The van der Waals surface area contributed by atoms with Gasteiger partial charge in [0.25, 0.3) is 0 Å². The van der Waals surface area contributed by atoms with E-state index in [9.17, 15) is 27.5 Å². The molecule has 48 heavy (non-hydrogen) atoms. The molecule has 0 unspecified atom stereocenters. The summed E-state index contributed by atoms with van der Waals surface area (Å²) < 4.78 is 112. The standard InChI is InChI=1S/C34H26F7N3O4/c1-33(2)16-47-15-28(33)44-27-10-19(32(45)46)9-25(38)31(27)43-29(44)11-18-8-24(37)21(13-23(18)36)26-4-3-5-30(42-26)48-14-17-6-7-20(12-22(17)35)34(39,40)41/h3-10,12-13,28H,11,14-16H2,1-2H3,(H,45,46)/t28-/m1/s1. The molecule has 0 aliphatic carbocycles. The molecule has 0 radical (unpaired) electrons. The van der Waals surface area contributed by atoms with E-state index in [-0.39, 0.29) is 63.7 Å². The lowest BCUT2D eigenvalue weighted by Gasteiger charge is -2.28. The topological polar surface area (TPSA) is 86.5 Å². The minimum atomic E-state index is -4.72. The SMILES string of the molecule is CC1(C)COC[C@H]1n1c(Cc2cc(F)c(-c3cccc(OCc4ccc(C(F)(F)F)cc4F)n3)cc2F)nc2c(F)cc(C(=O)O)cc21. The predicted molar refractivity (Wildman–Crippen MR) is 158 cm³/mol. The van der Waals surface area contributed by atoms with E-state index in [1.807, 2.05) is 13.8 Å². The molecule has 0 amide bonds. The number of imidazole rings is 1. The Bertz CT molecular complexity index is 2060. The van der Waals surface area contributed by atoms with E-state index in [0.29, 0.717) is 18.7 Å². The number of carbonyl (C=O) groups is 1. The number of aromatic nitrogens is 3. The lowest BCUT2D eigenvalue weighted by molar-refractivity contribution is -0.137. The van der Waals surface area contributed by atoms with Crippen LogP contribution < -0.4 is 4.74 Å². The molecule has 1 saturated heterocycles. The smallest absolute Gasteiger partial charge is 0.416 e. The number of fused-ring (bicyclic) bond motifs is 1. The van der Waals surface area contributed by atoms with Crippen molar-refractivity contribution in [3.05, 3.63) is 112 Å². The zero-order chi connectivity index (χ0) is 34.5. The lowest BCUT2D eigenvalue weighted by atomic mass is 9.87. The van der Waals surface area contributed by atoms with Gasteiger partial charge in [0.2, 0.25) is 5.88 Å². The summed E-state index contributed by atoms with van der Waals surface area (Å²) in [4.78, 5) is 20.2. The molecule has 3 aromatic carbocycles. The van der Waals surface area contributed by atoms with E-state index in [0.717, 1.165) is 24.3 Å². The highest BCUT2D eigenvalue weighted by molar-refractivity contribution is 5.93. The van der Waals surface area contributed by atoms with Gasteiger partial charge in [-0.15, -0.1) is 0 Å². The monoisotopic (exact) mass is 673 g/mol. The van der Waals surface area contributed by atoms with Gasteiger partial charge in [0.05, 0.1) is 41.6 Å². The Morgan fingerprint density at radius 1 is 0.958 bits per heavy atom. The summed E-state index contributed by atoms with van der Waals surface area (Å²) in [5.41, 5.74) is -2.44. The quantitative estimate of drug-likeness (QED) is 0.168. The molecule has 5 aromatic rings. The Morgan fingerprint density at radius 2 is 1.71 bits per heavy atom. The number of carboxylic acids is 1. The summed E-state index contributed by atoms with van der Waals surface area (Å²) in [6, 6.07) is 9.77. The van der Waals surface area contributed by atoms with E-state index >= 15 is 13.2 Å². The predicted octanol–water partition coefficient (Wildman–Crippen LogP) is 8.14. The molecule has 6 rings (SSSR count). The number of pyridine rings is 1. The third-order valence-corrected chi connectivity index (χ3v) is 8.27. The van der Waals surface area contributed by atoms with Crippen molar-refractivity contribution in [2.75, 3.05) is 13.2 Å². The fourth-order valence-electron chi connectivity index (χ4n) is 5.70. The first kappa shape index (κ1) is 32.9. The van der Waals surface area contributed by atoms with Crippen molar-refractivity contribution < 1.29 is 50.1 Å². The number of halogens is 7. The number of benzene rings is 3. The van der Waals surface area contributed by atoms with Gasteiger partial charge in [-0.1, -0.05) is 26.0 Å². The Kier molecular flexibility index (Phi) is 8.40. The number of rotatable bonds is 8. The van der Waals surface area contributed by atoms with Gasteiger partial charge in [0.15, 0.2) is 5.82 Å². The molecule has 0 bridgehead atoms. The number of ether oxygens (including phenoxy) is 2. The molecule has 0 spiro atoms. The van der Waals surface area contributed by atoms with Gasteiger partial charge in [-0.25, -0.2) is 32.3 Å². The van der Waals surface area contributed by atoms with E-state index in [1.165, 1.54) is 24.3 Å². The summed E-state index contributed by atoms with van der Waals surface area (Å²) in [7, 11) is 0. The van der Waals surface area contributed by atoms with E-state index in [2.05, 4.69) is 9.97 Å². The summed E-state index contributed by atoms with van der Waals surface area (Å²) in [6.07, 6.45) is -4.99. The van der Waals surface area contributed by atoms with Crippen LogP contribution in [-0.2, 0) is 23.9 Å². The molecule has 14 heteroatoms. The Morgan fingerprint density at radius 3 is 2.38 bits per heavy atom. The molecule has 1 fully saturated rings. The maximum Gasteiger partial charge on any atom is 0.416 e. The van der Waals surface area contributed by atoms with E-state index in [1.54, 1.807) is 4.57 Å². The van der Waals surface area contributed by atoms with Crippen LogP contribution >= 0.6 is 0 Å². The van der Waals surface area contributed by atoms with Gasteiger partial charge < -0.3 is 19.1 Å². The van der Waals surface area contributed by atoms with Gasteiger partial charge in [-0.2, -0.15) is 13.2 Å². The Balaban J connectivity index is 1.30. The minimum Gasteiger partial charge on any atom is -0.478 e. The molecule has 0 saturated carbocycles. The average Bonchev–Trinajstić information content (AvgIpc) is 3.55. The molecule has 1 aliphatic heterocycles. The second-order valence-corrected chi connectivity index (χ2v) is 12.1. The minimum absolute atomic E-state index is 0.0382. The summed E-state index contributed by atoms with van der Waals surface area (Å²) >= 11 is 0. The Labute approximate surface area is 268 Å². The fourth-order valence-corrected chi connectivity index (χ4v) is 5.70. The molecule has 1 N–H and O–H groups in total. The van der Waals surface area contributed by atoms with Crippen molar-refractivity contribution >= 4 is 17.0 Å². The number of hydrogen-bond acceptors (Lipinski definition) is 5. The van der Waals surface area contributed by atoms with Crippen molar-refractivity contribution in [2.45, 2.75) is 39.1 Å². The van der Waals surface area contributed by atoms with Crippen LogP contribution in [0.1, 0.15) is 52.8 Å². The average molecular weight is 674 g/mol. The Hall–Kier alpha value is -4.98. The summed E-state index contributed by atoms with van der Waals surface area (Å²) in [5.74, 6) is -5.00. The third kappa shape index (κ3) is 6.31. The lowest BCUT2D eigenvalue weighted by Crippen LogP contribution is -2.27. The molecular formula is C34H26F7N3O4. The summed E-state index contributed by atoms with van der Waals surface area (Å²) in [6.45, 7) is 3.91. The highest BCUT2D eigenvalue weighted by Gasteiger charge is 2.39. The number of carboxylic acid groups (broad SMARTS) is 1. The van der Waals surface area contributed by atoms with Crippen LogP contribution in [0, 0.1) is 28.7 Å². The maximum atomic E-state index is 15.6. The zero-order valence-electron chi connectivity index (χ0n) is 25.3. The second-order valence-electron chi connectivity index (χ2n) is 12.1. The van der Waals surface area contributed by atoms with E-state index < -0.39 is 59.0 Å². The third-order valence-electron chi connectivity index (χ3n) is 8.27. The first-order chi connectivity index (χ1) is 22.6. The highest BCUT2D eigenvalue weighted by Crippen LogP contribution is 2.41. The van der Waals surface area contributed by atoms with Crippen molar-refractivity contribution in [1.29, 1.82) is 0 Å². The van der Waals surface area contributed by atoms with Crippen molar-refractivity contribution in [3.8, 4) is 17.1 Å². The van der Waals surface area contributed by atoms with Crippen LogP contribution in [0.2, 0.25) is 0 Å². The van der Waals surface area contributed by atoms with Crippen LogP contribution in [0.4, 0.5) is 30.7 Å². The first-order valence-electron chi connectivity index (χ1n) is 14.6. The molecular weight excluding hydrogens is 647 g/mol.